The van der Waals surface area contributed by atoms with Gasteiger partial charge in [0.05, 0.1) is 17.0 Å². The van der Waals surface area contributed by atoms with Gasteiger partial charge in [0.2, 0.25) is 10.0 Å². The van der Waals surface area contributed by atoms with Crippen LogP contribution < -0.4 is 14.4 Å². The van der Waals surface area contributed by atoms with E-state index in [1.54, 1.807) is 19.1 Å². The van der Waals surface area contributed by atoms with Crippen LogP contribution in [0.2, 0.25) is 5.02 Å². The van der Waals surface area contributed by atoms with Crippen molar-refractivity contribution in [2.45, 2.75) is 108 Å². The summed E-state index contributed by atoms with van der Waals surface area (Å²) in [4.78, 5) is 21.5. The third kappa shape index (κ3) is 9.23. The van der Waals surface area contributed by atoms with E-state index in [0.717, 1.165) is 82.6 Å². The molecule has 2 aromatic carbocycles. The zero-order valence-corrected chi connectivity index (χ0v) is 34.5. The van der Waals surface area contributed by atoms with Gasteiger partial charge in [-0.2, -0.15) is 0 Å². The Morgan fingerprint density at radius 1 is 1.02 bits per heavy atom. The van der Waals surface area contributed by atoms with Crippen molar-refractivity contribution in [3.8, 4) is 5.75 Å². The lowest BCUT2D eigenvalue weighted by molar-refractivity contribution is -0.1000. The second-order valence-corrected chi connectivity index (χ2v) is 19.4. The molecular formula is C43H61ClN4O6S. The summed E-state index contributed by atoms with van der Waals surface area (Å²) in [5.41, 5.74) is 2.75. The summed E-state index contributed by atoms with van der Waals surface area (Å²) in [6, 6.07) is 11.8. The molecule has 1 aliphatic carbocycles. The molecule has 0 radical (unpaired) electrons. The third-order valence-corrected chi connectivity index (χ3v) is 15.4. The van der Waals surface area contributed by atoms with E-state index in [4.69, 9.17) is 21.1 Å². The van der Waals surface area contributed by atoms with Crippen molar-refractivity contribution < 1.29 is 27.8 Å². The van der Waals surface area contributed by atoms with Crippen LogP contribution in [0.1, 0.15) is 93.1 Å². The van der Waals surface area contributed by atoms with E-state index < -0.39 is 32.9 Å². The third-order valence-electron chi connectivity index (χ3n) is 13.3. The van der Waals surface area contributed by atoms with Gasteiger partial charge in [-0.25, -0.2) is 13.1 Å². The number of methoxy groups -OCH3 is 1. The number of amides is 1. The smallest absolute Gasteiger partial charge is 0.264 e. The van der Waals surface area contributed by atoms with E-state index in [0.29, 0.717) is 35.8 Å². The van der Waals surface area contributed by atoms with Crippen LogP contribution in [-0.4, -0.2) is 105 Å². The number of rotatable bonds is 5. The molecule has 1 amide bonds. The maximum atomic E-state index is 14.0. The van der Waals surface area contributed by atoms with Gasteiger partial charge >= 0.3 is 0 Å². The highest BCUT2D eigenvalue weighted by atomic mass is 35.5. The summed E-state index contributed by atoms with van der Waals surface area (Å²) in [5, 5.41) is 10.2. The Kier molecular flexibility index (Phi) is 12.9. The van der Waals surface area contributed by atoms with Crippen molar-refractivity contribution in [3.05, 3.63) is 70.3 Å². The maximum absolute atomic E-state index is 14.0. The highest BCUT2D eigenvalue weighted by Gasteiger charge is 2.49. The standard InChI is InChI=1S/C43H61ClN4O6S/c1-30-9-8-18-43(53-3,29-46-21-22-47-19-7-5-11-37(47)27-46)38-16-13-34(38)26-48-20-6-4-10-32-24-36(44)15-12-35(32)28-54-40-17-14-33(25-39(40)48)42(50)45-55(51,52)41(30)23-31(2)49/h8,12,14-15,17-18,24-25,30-31,34,37-38,41,49H,4-7,9-11,13,16,19-23,26-29H2,1-3H3,(H,45,50)/b18-8+/t30-,31+,34-,37+,38+,41+,43-/m0/s1. The Labute approximate surface area is 333 Å². The van der Waals surface area contributed by atoms with Crippen LogP contribution in [0.4, 0.5) is 5.69 Å². The summed E-state index contributed by atoms with van der Waals surface area (Å²) < 4.78 is 43.8. The number of nitrogens with one attached hydrogen (secondary N) is 1. The summed E-state index contributed by atoms with van der Waals surface area (Å²) in [6.07, 6.45) is 12.7. The van der Waals surface area contributed by atoms with Crippen molar-refractivity contribution in [2.75, 3.05) is 57.8 Å². The molecule has 2 saturated heterocycles. The molecule has 7 atom stereocenters. The molecule has 0 aromatic heterocycles. The Bertz CT molecular complexity index is 1810. The van der Waals surface area contributed by atoms with Crippen LogP contribution in [0.5, 0.6) is 5.75 Å². The van der Waals surface area contributed by atoms with E-state index in [2.05, 4.69) is 31.6 Å². The number of piperazine rings is 1. The first-order chi connectivity index (χ1) is 26.4. The quantitative estimate of drug-likeness (QED) is 0.331. The first-order valence-electron chi connectivity index (χ1n) is 20.7. The highest BCUT2D eigenvalue weighted by Crippen LogP contribution is 2.47. The van der Waals surface area contributed by atoms with E-state index in [1.807, 2.05) is 38.3 Å². The molecular weight excluding hydrogens is 736 g/mol. The number of aryl methyl sites for hydroxylation is 1. The molecule has 5 aliphatic rings. The number of aliphatic hydroxyl groups excluding tert-OH is 1. The lowest BCUT2D eigenvalue weighted by atomic mass is 9.63. The van der Waals surface area contributed by atoms with E-state index in [9.17, 15) is 18.3 Å². The van der Waals surface area contributed by atoms with Crippen molar-refractivity contribution >= 4 is 33.2 Å². The van der Waals surface area contributed by atoms with Gasteiger partial charge in [0.25, 0.3) is 5.91 Å². The second-order valence-electron chi connectivity index (χ2n) is 17.0. The minimum Gasteiger partial charge on any atom is -0.487 e. The summed E-state index contributed by atoms with van der Waals surface area (Å²) >= 11 is 6.42. The van der Waals surface area contributed by atoms with E-state index >= 15 is 0 Å². The fourth-order valence-electron chi connectivity index (χ4n) is 9.98. The van der Waals surface area contributed by atoms with Crippen LogP contribution in [-0.2, 0) is 27.8 Å². The number of halogens is 1. The monoisotopic (exact) mass is 796 g/mol. The number of nitrogens with zero attached hydrogens (tertiary/aromatic N) is 3. The molecule has 10 nitrogen and oxygen atoms in total. The molecule has 0 spiro atoms. The molecule has 4 aliphatic heterocycles. The van der Waals surface area contributed by atoms with Crippen LogP contribution in [0, 0.1) is 17.8 Å². The van der Waals surface area contributed by atoms with Crippen molar-refractivity contribution in [1.82, 2.24) is 14.5 Å². The summed E-state index contributed by atoms with van der Waals surface area (Å²) in [6.45, 7) is 10.5. The van der Waals surface area contributed by atoms with Crippen LogP contribution in [0.15, 0.2) is 48.6 Å². The minimum atomic E-state index is -4.16. The average Bonchev–Trinajstić information content (AvgIpc) is 3.17. The molecule has 1 saturated carbocycles. The number of carbonyl (C=O) groups excluding carboxylic acids is 1. The molecule has 3 fully saturated rings. The van der Waals surface area contributed by atoms with E-state index in [1.165, 1.54) is 31.4 Å². The van der Waals surface area contributed by atoms with Gasteiger partial charge in [-0.05, 0) is 130 Å². The molecule has 302 valence electrons. The van der Waals surface area contributed by atoms with Gasteiger partial charge in [0.1, 0.15) is 18.0 Å². The lowest BCUT2D eigenvalue weighted by Gasteiger charge is -2.53. The average molecular weight is 798 g/mol. The van der Waals surface area contributed by atoms with Crippen LogP contribution in [0.3, 0.4) is 0 Å². The number of benzene rings is 2. The molecule has 7 rings (SSSR count). The number of allylic oxidation sites excluding steroid dienone is 1. The normalized spacial score (nSPS) is 31.9. The van der Waals surface area contributed by atoms with Gasteiger partial charge in [0.15, 0.2) is 0 Å². The summed E-state index contributed by atoms with van der Waals surface area (Å²) in [5.74, 6) is 0.193. The van der Waals surface area contributed by atoms with Gasteiger partial charge in [-0.1, -0.05) is 43.2 Å². The number of fused-ring (bicyclic) bond motifs is 4. The number of hydrogen-bond acceptors (Lipinski definition) is 9. The van der Waals surface area contributed by atoms with Gasteiger partial charge in [0, 0.05) is 63.0 Å². The number of piperidine rings is 1. The van der Waals surface area contributed by atoms with Gasteiger partial charge in [-0.3, -0.25) is 14.6 Å². The number of hydrogen-bond donors (Lipinski definition) is 2. The number of aliphatic hydroxyl groups is 1. The largest absolute Gasteiger partial charge is 0.487 e. The zero-order valence-electron chi connectivity index (χ0n) is 32.9. The van der Waals surface area contributed by atoms with Crippen molar-refractivity contribution in [1.29, 1.82) is 0 Å². The fraction of sp³-hybridized carbons (Fsp3) is 0.651. The number of carbonyl (C=O) groups is 1. The molecule has 4 heterocycles. The van der Waals surface area contributed by atoms with E-state index in [-0.39, 0.29) is 23.8 Å². The van der Waals surface area contributed by atoms with Crippen molar-refractivity contribution in [3.63, 3.8) is 0 Å². The molecule has 55 heavy (non-hydrogen) atoms. The van der Waals surface area contributed by atoms with Crippen LogP contribution in [0.25, 0.3) is 0 Å². The Morgan fingerprint density at radius 3 is 2.64 bits per heavy atom. The molecule has 12 heteroatoms. The zero-order chi connectivity index (χ0) is 38.7. The Hall–Kier alpha value is -2.67. The molecule has 0 unspecified atom stereocenters. The Balaban J connectivity index is 1.27. The Morgan fingerprint density at radius 2 is 1.85 bits per heavy atom. The predicted octanol–water partition coefficient (Wildman–Crippen LogP) is 6.44. The highest BCUT2D eigenvalue weighted by molar-refractivity contribution is 7.90. The summed E-state index contributed by atoms with van der Waals surface area (Å²) in [7, 11) is -2.31. The van der Waals surface area contributed by atoms with Gasteiger partial charge < -0.3 is 19.5 Å². The first kappa shape index (κ1) is 40.5. The maximum Gasteiger partial charge on any atom is 0.264 e. The topological polar surface area (TPSA) is 112 Å². The number of sulfonamides is 1. The van der Waals surface area contributed by atoms with Crippen molar-refractivity contribution in [2.24, 2.45) is 17.8 Å². The van der Waals surface area contributed by atoms with Gasteiger partial charge in [-0.15, -0.1) is 0 Å². The molecule has 2 N–H and O–H groups in total. The first-order valence-corrected chi connectivity index (χ1v) is 22.6. The SMILES string of the molecule is CO[C@]1(CN2CCN3CCCC[C@@H]3C2)/C=C/C[C@H](C)[C@@H](C[C@@H](C)O)S(=O)(=O)NC(=O)c2ccc3c(c2)N(CCCCc2cc(Cl)ccc2CO3)C[C@@H]2CC[C@H]21. The molecule has 2 bridgehead atoms. The van der Waals surface area contributed by atoms with Crippen LogP contribution >= 0.6 is 11.6 Å². The second kappa shape index (κ2) is 17.4. The molecule has 2 aromatic rings. The lowest BCUT2D eigenvalue weighted by Crippen LogP contribution is -2.61. The predicted molar refractivity (Wildman–Crippen MR) is 218 cm³/mol. The number of ether oxygens (including phenoxy) is 2. The minimum absolute atomic E-state index is 0.0158. The number of anilines is 1. The fourth-order valence-corrected chi connectivity index (χ4v) is 12.0.